The highest BCUT2D eigenvalue weighted by Gasteiger charge is 2.43. The van der Waals surface area contributed by atoms with Crippen molar-refractivity contribution in [1.82, 2.24) is 14.7 Å². The van der Waals surface area contributed by atoms with E-state index >= 15 is 0 Å². The van der Waals surface area contributed by atoms with Crippen LogP contribution >= 0.6 is 0 Å². The Hall–Kier alpha value is -2.32. The number of carbonyl (C=O) groups is 3. The van der Waals surface area contributed by atoms with Gasteiger partial charge in [-0.25, -0.2) is 4.79 Å². The molecule has 0 aromatic carbocycles. The number of hydrogen-bond donors (Lipinski definition) is 1. The molecule has 1 N–H and O–H groups in total. The molecule has 0 aromatic rings. The second kappa shape index (κ2) is 7.28. The summed E-state index contributed by atoms with van der Waals surface area (Å²) >= 11 is 0. The van der Waals surface area contributed by atoms with E-state index in [1.807, 2.05) is 9.80 Å². The SMILES string of the molecule is CCOC(=O)C(C)(C)CN1CC2CN(C(=O)O)CCN2C1=NC(C)=O. The number of aliphatic imine (C=N–C) groups is 1. The van der Waals surface area contributed by atoms with Gasteiger partial charge in [0.2, 0.25) is 11.9 Å². The molecule has 0 bridgehead atoms. The number of carboxylic acid groups (broad SMARTS) is 1. The molecule has 0 aliphatic carbocycles. The van der Waals surface area contributed by atoms with Crippen LogP contribution in [0.3, 0.4) is 0 Å². The Kier molecular flexibility index (Phi) is 5.54. The number of carbonyl (C=O) groups excluding carboxylic acids is 2. The highest BCUT2D eigenvalue weighted by Crippen LogP contribution is 2.26. The van der Waals surface area contributed by atoms with E-state index < -0.39 is 11.5 Å². The maximum Gasteiger partial charge on any atom is 0.407 e. The van der Waals surface area contributed by atoms with Gasteiger partial charge in [0.1, 0.15) is 0 Å². The van der Waals surface area contributed by atoms with Crippen LogP contribution in [0.2, 0.25) is 0 Å². The molecule has 2 aliphatic heterocycles. The number of esters is 1. The second-order valence-electron chi connectivity index (χ2n) is 6.99. The molecule has 0 spiro atoms. The van der Waals surface area contributed by atoms with E-state index in [0.717, 1.165) is 0 Å². The van der Waals surface area contributed by atoms with E-state index in [4.69, 9.17) is 4.74 Å². The van der Waals surface area contributed by atoms with Crippen LogP contribution in [0.5, 0.6) is 0 Å². The fraction of sp³-hybridized carbons (Fsp3) is 0.750. The third kappa shape index (κ3) is 4.21. The molecule has 1 atom stereocenters. The van der Waals surface area contributed by atoms with Crippen LogP contribution in [0.4, 0.5) is 4.79 Å². The lowest BCUT2D eigenvalue weighted by Gasteiger charge is -2.36. The van der Waals surface area contributed by atoms with Crippen molar-refractivity contribution < 1.29 is 24.2 Å². The molecule has 2 amide bonds. The highest BCUT2D eigenvalue weighted by molar-refractivity contribution is 5.94. The number of ether oxygens (including phenoxy) is 1. The van der Waals surface area contributed by atoms with Crippen molar-refractivity contribution in [3.8, 4) is 0 Å². The highest BCUT2D eigenvalue weighted by atomic mass is 16.5. The molecular formula is C16H26N4O5. The molecule has 0 aromatic heterocycles. The molecule has 9 heteroatoms. The van der Waals surface area contributed by atoms with E-state index in [1.54, 1.807) is 20.8 Å². The number of piperazine rings is 1. The predicted molar refractivity (Wildman–Crippen MR) is 90.2 cm³/mol. The van der Waals surface area contributed by atoms with Crippen molar-refractivity contribution in [2.75, 3.05) is 39.3 Å². The summed E-state index contributed by atoms with van der Waals surface area (Å²) in [5, 5.41) is 9.20. The topological polar surface area (TPSA) is 103 Å². The summed E-state index contributed by atoms with van der Waals surface area (Å²) in [6.45, 7) is 9.06. The maximum atomic E-state index is 12.2. The summed E-state index contributed by atoms with van der Waals surface area (Å²) in [7, 11) is 0. The van der Waals surface area contributed by atoms with Crippen LogP contribution in [0.15, 0.2) is 4.99 Å². The van der Waals surface area contributed by atoms with Gasteiger partial charge in [0.25, 0.3) is 0 Å². The number of amides is 2. The van der Waals surface area contributed by atoms with Crippen molar-refractivity contribution in [3.63, 3.8) is 0 Å². The van der Waals surface area contributed by atoms with E-state index in [1.165, 1.54) is 11.8 Å². The first-order valence-electron chi connectivity index (χ1n) is 8.41. The molecule has 0 radical (unpaired) electrons. The van der Waals surface area contributed by atoms with E-state index in [-0.39, 0.29) is 17.9 Å². The molecule has 1 unspecified atom stereocenters. The van der Waals surface area contributed by atoms with Gasteiger partial charge < -0.3 is 24.5 Å². The normalized spacial score (nSPS) is 22.2. The van der Waals surface area contributed by atoms with Crippen LogP contribution in [0, 0.1) is 5.41 Å². The summed E-state index contributed by atoms with van der Waals surface area (Å²) in [6.07, 6.45) is -0.949. The molecule has 2 fully saturated rings. The second-order valence-corrected chi connectivity index (χ2v) is 6.99. The van der Waals surface area contributed by atoms with Crippen LogP contribution in [-0.4, -0.2) is 89.1 Å². The molecule has 0 saturated carbocycles. The number of rotatable bonds is 4. The van der Waals surface area contributed by atoms with Crippen molar-refractivity contribution in [3.05, 3.63) is 0 Å². The van der Waals surface area contributed by atoms with E-state index in [9.17, 15) is 19.5 Å². The maximum absolute atomic E-state index is 12.2. The van der Waals surface area contributed by atoms with Crippen molar-refractivity contribution in [2.24, 2.45) is 10.4 Å². The Labute approximate surface area is 147 Å². The Morgan fingerprint density at radius 3 is 2.52 bits per heavy atom. The first-order valence-corrected chi connectivity index (χ1v) is 8.41. The monoisotopic (exact) mass is 354 g/mol. The van der Waals surface area contributed by atoms with Crippen molar-refractivity contribution >= 4 is 23.9 Å². The van der Waals surface area contributed by atoms with Gasteiger partial charge in [-0.15, -0.1) is 0 Å². The molecular weight excluding hydrogens is 328 g/mol. The average Bonchev–Trinajstić information content (AvgIpc) is 2.83. The quantitative estimate of drug-likeness (QED) is 0.732. The summed E-state index contributed by atoms with van der Waals surface area (Å²) in [6, 6.07) is -0.0825. The molecule has 2 aliphatic rings. The van der Waals surface area contributed by atoms with Crippen LogP contribution < -0.4 is 0 Å². The predicted octanol–water partition coefficient (Wildman–Crippen LogP) is 0.458. The van der Waals surface area contributed by atoms with Gasteiger partial charge in [0.15, 0.2) is 0 Å². The number of hydrogen-bond acceptors (Lipinski definition) is 4. The van der Waals surface area contributed by atoms with Gasteiger partial charge in [-0.1, -0.05) is 0 Å². The zero-order chi connectivity index (χ0) is 18.8. The largest absolute Gasteiger partial charge is 0.466 e. The summed E-state index contributed by atoms with van der Waals surface area (Å²) in [5.74, 6) is -0.121. The van der Waals surface area contributed by atoms with Gasteiger partial charge in [-0.3, -0.25) is 9.59 Å². The van der Waals surface area contributed by atoms with Crippen LogP contribution in [0.1, 0.15) is 27.7 Å². The Balaban J connectivity index is 2.20. The minimum absolute atomic E-state index is 0.0825. The van der Waals surface area contributed by atoms with Crippen LogP contribution in [0.25, 0.3) is 0 Å². The van der Waals surface area contributed by atoms with Gasteiger partial charge in [-0.05, 0) is 20.8 Å². The fourth-order valence-corrected chi connectivity index (χ4v) is 3.25. The van der Waals surface area contributed by atoms with Gasteiger partial charge in [0, 0.05) is 39.6 Å². The van der Waals surface area contributed by atoms with Gasteiger partial charge in [0.05, 0.1) is 18.1 Å². The smallest absolute Gasteiger partial charge is 0.407 e. The fourth-order valence-electron chi connectivity index (χ4n) is 3.25. The number of guanidine groups is 1. The Morgan fingerprint density at radius 1 is 1.28 bits per heavy atom. The lowest BCUT2D eigenvalue weighted by atomic mass is 9.93. The minimum Gasteiger partial charge on any atom is -0.466 e. The number of fused-ring (bicyclic) bond motifs is 1. The molecule has 9 nitrogen and oxygen atoms in total. The lowest BCUT2D eigenvalue weighted by molar-refractivity contribution is -0.153. The van der Waals surface area contributed by atoms with Crippen molar-refractivity contribution in [2.45, 2.75) is 33.7 Å². The lowest BCUT2D eigenvalue weighted by Crippen LogP contribution is -2.53. The van der Waals surface area contributed by atoms with Crippen molar-refractivity contribution in [1.29, 1.82) is 0 Å². The van der Waals surface area contributed by atoms with E-state index in [0.29, 0.717) is 45.3 Å². The Bertz CT molecular complexity index is 589. The third-order valence-electron chi connectivity index (χ3n) is 4.40. The first-order chi connectivity index (χ1) is 11.7. The summed E-state index contributed by atoms with van der Waals surface area (Å²) in [5.41, 5.74) is -0.769. The summed E-state index contributed by atoms with van der Waals surface area (Å²) in [4.78, 5) is 44.3. The van der Waals surface area contributed by atoms with E-state index in [2.05, 4.69) is 4.99 Å². The first kappa shape index (κ1) is 19.0. The summed E-state index contributed by atoms with van der Waals surface area (Å²) < 4.78 is 5.13. The van der Waals surface area contributed by atoms with Crippen LogP contribution in [-0.2, 0) is 14.3 Å². The molecule has 2 heterocycles. The Morgan fingerprint density at radius 2 is 1.96 bits per heavy atom. The zero-order valence-electron chi connectivity index (χ0n) is 15.2. The van der Waals surface area contributed by atoms with Gasteiger partial charge in [-0.2, -0.15) is 4.99 Å². The average molecular weight is 354 g/mol. The number of nitrogens with zero attached hydrogens (tertiary/aromatic N) is 4. The molecule has 25 heavy (non-hydrogen) atoms. The third-order valence-corrected chi connectivity index (χ3v) is 4.40. The zero-order valence-corrected chi connectivity index (χ0v) is 15.2. The standard InChI is InChI=1S/C16H26N4O5/c1-5-25-13(22)16(3,4)10-19-9-12-8-18(15(23)24)6-7-20(12)14(19)17-11(2)21/h12H,5-10H2,1-4H3,(H,23,24). The minimum atomic E-state index is -0.949. The molecule has 2 saturated heterocycles. The molecule has 2 rings (SSSR count). The van der Waals surface area contributed by atoms with Gasteiger partial charge >= 0.3 is 12.1 Å². The molecule has 140 valence electrons.